The van der Waals surface area contributed by atoms with Gasteiger partial charge in [0, 0.05) is 38.4 Å². The Balaban J connectivity index is 1.63. The third kappa shape index (κ3) is 4.72. The van der Waals surface area contributed by atoms with Crippen molar-refractivity contribution in [3.8, 4) is 5.75 Å². The van der Waals surface area contributed by atoms with Crippen molar-refractivity contribution in [1.82, 2.24) is 14.3 Å². The summed E-state index contributed by atoms with van der Waals surface area (Å²) in [5, 5.41) is 15.4. The first-order valence-corrected chi connectivity index (χ1v) is 10.0. The van der Waals surface area contributed by atoms with Gasteiger partial charge < -0.3 is 15.7 Å². The first-order valence-electron chi connectivity index (χ1n) is 8.61. The lowest BCUT2D eigenvalue weighted by Gasteiger charge is -2.16. The van der Waals surface area contributed by atoms with Crippen LogP contribution in [0.25, 0.3) is 0 Å². The number of phenolic OH excluding ortho intramolecular Hbond substituents is 1. The quantitative estimate of drug-likeness (QED) is 0.610. The van der Waals surface area contributed by atoms with Gasteiger partial charge in [-0.25, -0.2) is 18.4 Å². The molecule has 2 aromatic rings. The van der Waals surface area contributed by atoms with E-state index in [2.05, 4.69) is 20.6 Å². The van der Waals surface area contributed by atoms with Crippen molar-refractivity contribution in [2.75, 3.05) is 30.3 Å². The van der Waals surface area contributed by atoms with Crippen molar-refractivity contribution in [3.05, 3.63) is 36.7 Å². The summed E-state index contributed by atoms with van der Waals surface area (Å²) >= 11 is 0. The molecule has 0 saturated carbocycles. The van der Waals surface area contributed by atoms with Crippen molar-refractivity contribution in [2.45, 2.75) is 24.2 Å². The van der Waals surface area contributed by atoms with Crippen LogP contribution in [0.2, 0.25) is 0 Å². The number of sulfonamides is 1. The number of benzene rings is 1. The zero-order chi connectivity index (χ0) is 19.3. The molecule has 0 aliphatic carbocycles. The third-order valence-electron chi connectivity index (χ3n) is 4.15. The first kappa shape index (κ1) is 19.1. The van der Waals surface area contributed by atoms with Gasteiger partial charge in [0.2, 0.25) is 21.9 Å². The van der Waals surface area contributed by atoms with Crippen LogP contribution in [0.1, 0.15) is 19.3 Å². The van der Waals surface area contributed by atoms with Crippen LogP contribution < -0.4 is 10.6 Å². The van der Waals surface area contributed by atoms with E-state index in [1.165, 1.54) is 22.5 Å². The molecule has 0 atom stereocenters. The van der Waals surface area contributed by atoms with Gasteiger partial charge in [-0.3, -0.25) is 4.79 Å². The maximum absolute atomic E-state index is 12.6. The summed E-state index contributed by atoms with van der Waals surface area (Å²) in [6.45, 7) is 1.26. The number of anilines is 2. The number of phenols is 1. The predicted molar refractivity (Wildman–Crippen MR) is 99.9 cm³/mol. The average Bonchev–Trinajstić information content (AvgIpc) is 3.20. The fourth-order valence-electron chi connectivity index (χ4n) is 2.74. The van der Waals surface area contributed by atoms with Crippen LogP contribution in [0, 0.1) is 0 Å². The van der Waals surface area contributed by atoms with Gasteiger partial charge in [-0.15, -0.1) is 0 Å². The molecule has 27 heavy (non-hydrogen) atoms. The Hall–Kier alpha value is -2.72. The molecule has 1 aliphatic heterocycles. The summed E-state index contributed by atoms with van der Waals surface area (Å²) < 4.78 is 26.7. The Labute approximate surface area is 157 Å². The molecule has 2 heterocycles. The summed E-state index contributed by atoms with van der Waals surface area (Å²) in [6.07, 6.45) is 4.93. The van der Waals surface area contributed by atoms with Gasteiger partial charge in [-0.05, 0) is 37.1 Å². The molecule has 1 fully saturated rings. The smallest absolute Gasteiger partial charge is 0.243 e. The van der Waals surface area contributed by atoms with Crippen LogP contribution >= 0.6 is 0 Å². The number of carbonyl (C=O) groups is 1. The molecule has 10 heteroatoms. The van der Waals surface area contributed by atoms with Gasteiger partial charge in [0.1, 0.15) is 5.75 Å². The summed E-state index contributed by atoms with van der Waals surface area (Å²) in [6, 6.07) is 5.58. The van der Waals surface area contributed by atoms with Gasteiger partial charge in [0.05, 0.1) is 10.6 Å². The standard InChI is InChI=1S/C17H21N5O4S/c23-15-5-4-13(27(25,26)22-10-1-2-11-22)12-14(15)21-16(24)6-9-20-17-18-7-3-8-19-17/h3-5,7-8,12,23H,1-2,6,9-11H2,(H,21,24)(H,18,19,20). The van der Waals surface area contributed by atoms with Crippen LogP contribution in [0.4, 0.5) is 11.6 Å². The maximum Gasteiger partial charge on any atom is 0.243 e. The minimum absolute atomic E-state index is 0.0494. The second kappa shape index (κ2) is 8.31. The number of rotatable bonds is 7. The van der Waals surface area contributed by atoms with Crippen LogP contribution in [-0.2, 0) is 14.8 Å². The number of aromatic hydroxyl groups is 1. The van der Waals surface area contributed by atoms with Gasteiger partial charge in [0.25, 0.3) is 0 Å². The molecule has 144 valence electrons. The van der Waals surface area contributed by atoms with Crippen LogP contribution in [-0.4, -0.2) is 53.3 Å². The van der Waals surface area contributed by atoms with Crippen molar-refractivity contribution >= 4 is 27.6 Å². The number of amides is 1. The lowest BCUT2D eigenvalue weighted by Crippen LogP contribution is -2.28. The second-order valence-electron chi connectivity index (χ2n) is 6.09. The maximum atomic E-state index is 12.6. The van der Waals surface area contributed by atoms with E-state index in [4.69, 9.17) is 0 Å². The van der Waals surface area contributed by atoms with E-state index in [0.717, 1.165) is 12.8 Å². The zero-order valence-electron chi connectivity index (χ0n) is 14.6. The minimum atomic E-state index is -3.62. The van der Waals surface area contributed by atoms with E-state index in [0.29, 0.717) is 25.6 Å². The average molecular weight is 391 g/mol. The Kier molecular flexibility index (Phi) is 5.87. The first-order chi connectivity index (χ1) is 13.0. The summed E-state index contributed by atoms with van der Waals surface area (Å²) in [4.78, 5) is 20.1. The number of aromatic nitrogens is 2. The molecule has 3 N–H and O–H groups in total. The molecule has 1 amide bonds. The van der Waals surface area contributed by atoms with Gasteiger partial charge in [-0.1, -0.05) is 0 Å². The summed E-state index contributed by atoms with van der Waals surface area (Å²) in [5.74, 6) is -0.153. The number of hydrogen-bond donors (Lipinski definition) is 3. The molecule has 1 aliphatic rings. The molecule has 1 saturated heterocycles. The van der Waals surface area contributed by atoms with Crippen LogP contribution in [0.5, 0.6) is 5.75 Å². The fourth-order valence-corrected chi connectivity index (χ4v) is 4.29. The second-order valence-corrected chi connectivity index (χ2v) is 8.03. The van der Waals surface area contributed by atoms with Crippen LogP contribution in [0.3, 0.4) is 0 Å². The summed E-state index contributed by atoms with van der Waals surface area (Å²) in [7, 11) is -3.62. The lowest BCUT2D eigenvalue weighted by atomic mass is 10.2. The highest BCUT2D eigenvalue weighted by Gasteiger charge is 2.27. The number of carbonyl (C=O) groups excluding carboxylic acids is 1. The number of nitrogens with zero attached hydrogens (tertiary/aromatic N) is 3. The van der Waals surface area contributed by atoms with Crippen molar-refractivity contribution in [2.24, 2.45) is 0 Å². The van der Waals surface area contributed by atoms with E-state index in [9.17, 15) is 18.3 Å². The fraction of sp³-hybridized carbons (Fsp3) is 0.353. The highest BCUT2D eigenvalue weighted by molar-refractivity contribution is 7.89. The van der Waals surface area contributed by atoms with Crippen molar-refractivity contribution in [3.63, 3.8) is 0 Å². The molecule has 0 radical (unpaired) electrons. The molecule has 0 spiro atoms. The van der Waals surface area contributed by atoms with Crippen molar-refractivity contribution < 1.29 is 18.3 Å². The largest absolute Gasteiger partial charge is 0.506 e. The molecular formula is C17H21N5O4S. The minimum Gasteiger partial charge on any atom is -0.506 e. The van der Waals surface area contributed by atoms with E-state index in [1.54, 1.807) is 18.5 Å². The van der Waals surface area contributed by atoms with Crippen molar-refractivity contribution in [1.29, 1.82) is 0 Å². The molecule has 3 rings (SSSR count). The molecule has 1 aromatic heterocycles. The van der Waals surface area contributed by atoms with Gasteiger partial charge in [-0.2, -0.15) is 4.31 Å². The van der Waals surface area contributed by atoms with E-state index < -0.39 is 10.0 Å². The Morgan fingerprint density at radius 3 is 2.59 bits per heavy atom. The highest BCUT2D eigenvalue weighted by Crippen LogP contribution is 2.29. The predicted octanol–water partition coefficient (Wildman–Crippen LogP) is 1.41. The van der Waals surface area contributed by atoms with E-state index >= 15 is 0 Å². The zero-order valence-corrected chi connectivity index (χ0v) is 15.4. The van der Waals surface area contributed by atoms with Gasteiger partial charge in [0.15, 0.2) is 0 Å². The SMILES string of the molecule is O=C(CCNc1ncccn1)Nc1cc(S(=O)(=O)N2CCCC2)ccc1O. The Morgan fingerprint density at radius 1 is 1.19 bits per heavy atom. The number of nitrogens with one attached hydrogen (secondary N) is 2. The van der Waals surface area contributed by atoms with E-state index in [-0.39, 0.29) is 28.7 Å². The molecular weight excluding hydrogens is 370 g/mol. The molecule has 0 unspecified atom stereocenters. The number of hydrogen-bond acceptors (Lipinski definition) is 7. The normalized spacial score (nSPS) is 14.8. The molecule has 0 bridgehead atoms. The highest BCUT2D eigenvalue weighted by atomic mass is 32.2. The molecule has 9 nitrogen and oxygen atoms in total. The lowest BCUT2D eigenvalue weighted by molar-refractivity contribution is -0.116. The summed E-state index contributed by atoms with van der Waals surface area (Å²) in [5.41, 5.74) is 0.0660. The monoisotopic (exact) mass is 391 g/mol. The van der Waals surface area contributed by atoms with E-state index in [1.807, 2.05) is 0 Å². The van der Waals surface area contributed by atoms with Crippen LogP contribution in [0.15, 0.2) is 41.6 Å². The Morgan fingerprint density at radius 2 is 1.89 bits per heavy atom. The Bertz CT molecular complexity index is 899. The topological polar surface area (TPSA) is 125 Å². The van der Waals surface area contributed by atoms with Gasteiger partial charge >= 0.3 is 0 Å². The third-order valence-corrected chi connectivity index (χ3v) is 6.04. The molecule has 1 aromatic carbocycles.